The van der Waals surface area contributed by atoms with Crippen molar-refractivity contribution in [1.82, 2.24) is 19.4 Å². The molecule has 1 fully saturated rings. The Hall–Kier alpha value is -2.63. The van der Waals surface area contributed by atoms with Crippen LogP contribution in [0.2, 0.25) is 5.02 Å². The summed E-state index contributed by atoms with van der Waals surface area (Å²) in [5, 5.41) is 0.798. The van der Waals surface area contributed by atoms with Crippen LogP contribution in [0.15, 0.2) is 67.3 Å². The van der Waals surface area contributed by atoms with Gasteiger partial charge in [0.15, 0.2) is 0 Å². The Morgan fingerprint density at radius 3 is 2.39 bits per heavy atom. The molecule has 0 aliphatic carbocycles. The van der Waals surface area contributed by atoms with E-state index in [4.69, 9.17) is 11.6 Å². The summed E-state index contributed by atoms with van der Waals surface area (Å²) in [5.41, 5.74) is 2.85. The minimum atomic E-state index is 0.0854. The lowest BCUT2D eigenvalue weighted by atomic mass is 10.1. The molecule has 1 aliphatic heterocycles. The SMILES string of the molecule is CC(c1ccccc1Cl)N1CCN(C(=O)c2ccc(-n3ccnc3)cc2)CC1. The molecule has 1 saturated heterocycles. The van der Waals surface area contributed by atoms with E-state index in [0.717, 1.165) is 48.0 Å². The van der Waals surface area contributed by atoms with Gasteiger partial charge in [0, 0.05) is 60.9 Å². The molecule has 0 spiro atoms. The molecule has 1 aromatic heterocycles. The maximum Gasteiger partial charge on any atom is 0.253 e. The lowest BCUT2D eigenvalue weighted by molar-refractivity contribution is 0.0582. The fraction of sp³-hybridized carbons (Fsp3) is 0.273. The van der Waals surface area contributed by atoms with Gasteiger partial charge in [-0.1, -0.05) is 29.8 Å². The number of carbonyl (C=O) groups excluding carboxylic acids is 1. The van der Waals surface area contributed by atoms with Gasteiger partial charge in [0.25, 0.3) is 5.91 Å². The number of nitrogens with zero attached hydrogens (tertiary/aromatic N) is 4. The minimum absolute atomic E-state index is 0.0854. The van der Waals surface area contributed by atoms with Crippen LogP contribution in [0, 0.1) is 0 Å². The van der Waals surface area contributed by atoms with E-state index in [1.165, 1.54) is 0 Å². The van der Waals surface area contributed by atoms with Gasteiger partial charge in [-0.25, -0.2) is 4.98 Å². The fourth-order valence-electron chi connectivity index (χ4n) is 3.69. The average Bonchev–Trinajstić information content (AvgIpc) is 3.28. The Labute approximate surface area is 170 Å². The van der Waals surface area contributed by atoms with Crippen molar-refractivity contribution in [2.24, 2.45) is 0 Å². The maximum absolute atomic E-state index is 12.9. The number of hydrogen-bond acceptors (Lipinski definition) is 3. The van der Waals surface area contributed by atoms with Crippen molar-refractivity contribution < 1.29 is 4.79 Å². The normalized spacial score (nSPS) is 16.1. The van der Waals surface area contributed by atoms with Crippen LogP contribution in [0.3, 0.4) is 0 Å². The van der Waals surface area contributed by atoms with E-state index >= 15 is 0 Å². The number of amides is 1. The van der Waals surface area contributed by atoms with E-state index in [1.54, 1.807) is 12.5 Å². The summed E-state index contributed by atoms with van der Waals surface area (Å²) in [6.45, 7) is 5.29. The fourth-order valence-corrected chi connectivity index (χ4v) is 3.99. The highest BCUT2D eigenvalue weighted by Crippen LogP contribution is 2.28. The molecule has 1 amide bonds. The van der Waals surface area contributed by atoms with Crippen LogP contribution in [0.4, 0.5) is 0 Å². The third kappa shape index (κ3) is 3.81. The Morgan fingerprint density at radius 1 is 1.04 bits per heavy atom. The van der Waals surface area contributed by atoms with Gasteiger partial charge in [-0.2, -0.15) is 0 Å². The smallest absolute Gasteiger partial charge is 0.253 e. The van der Waals surface area contributed by atoms with Crippen molar-refractivity contribution >= 4 is 17.5 Å². The van der Waals surface area contributed by atoms with Gasteiger partial charge >= 0.3 is 0 Å². The molecule has 6 heteroatoms. The first-order chi connectivity index (χ1) is 13.6. The Balaban J connectivity index is 1.38. The van der Waals surface area contributed by atoms with E-state index < -0.39 is 0 Å². The second-order valence-electron chi connectivity index (χ2n) is 7.04. The van der Waals surface area contributed by atoms with Crippen LogP contribution in [0.25, 0.3) is 5.69 Å². The lowest BCUT2D eigenvalue weighted by Crippen LogP contribution is -2.49. The zero-order valence-electron chi connectivity index (χ0n) is 15.8. The molecule has 0 bridgehead atoms. The van der Waals surface area contributed by atoms with Crippen molar-refractivity contribution in [3.05, 3.63) is 83.4 Å². The molecule has 1 atom stereocenters. The summed E-state index contributed by atoms with van der Waals surface area (Å²) in [5.74, 6) is 0.0854. The molecule has 5 nitrogen and oxygen atoms in total. The summed E-state index contributed by atoms with van der Waals surface area (Å²) >= 11 is 6.35. The molecule has 0 saturated carbocycles. The predicted molar refractivity (Wildman–Crippen MR) is 111 cm³/mol. The Kier molecular flexibility index (Phi) is 5.46. The van der Waals surface area contributed by atoms with Crippen LogP contribution in [0.5, 0.6) is 0 Å². The molecule has 4 rings (SSSR count). The molecule has 28 heavy (non-hydrogen) atoms. The van der Waals surface area contributed by atoms with Crippen molar-refractivity contribution in [1.29, 1.82) is 0 Å². The number of benzene rings is 2. The van der Waals surface area contributed by atoms with Crippen molar-refractivity contribution in [2.45, 2.75) is 13.0 Å². The van der Waals surface area contributed by atoms with Crippen molar-refractivity contribution in [3.63, 3.8) is 0 Å². The highest BCUT2D eigenvalue weighted by molar-refractivity contribution is 6.31. The minimum Gasteiger partial charge on any atom is -0.336 e. The van der Waals surface area contributed by atoms with Gasteiger partial charge in [-0.05, 0) is 42.8 Å². The first-order valence-electron chi connectivity index (χ1n) is 9.49. The third-order valence-corrected chi connectivity index (χ3v) is 5.77. The number of piperazine rings is 1. The number of rotatable bonds is 4. The number of carbonyl (C=O) groups is 1. The summed E-state index contributed by atoms with van der Waals surface area (Å²) in [7, 11) is 0. The molecule has 0 radical (unpaired) electrons. The molecule has 1 aliphatic rings. The third-order valence-electron chi connectivity index (χ3n) is 5.42. The monoisotopic (exact) mass is 394 g/mol. The Morgan fingerprint density at radius 2 is 1.75 bits per heavy atom. The highest BCUT2D eigenvalue weighted by atomic mass is 35.5. The zero-order valence-corrected chi connectivity index (χ0v) is 16.6. The number of aromatic nitrogens is 2. The van der Waals surface area contributed by atoms with Crippen LogP contribution in [0.1, 0.15) is 28.9 Å². The van der Waals surface area contributed by atoms with Crippen LogP contribution in [-0.4, -0.2) is 51.4 Å². The summed E-state index contributed by atoms with van der Waals surface area (Å²) < 4.78 is 1.92. The number of imidazole rings is 1. The zero-order chi connectivity index (χ0) is 19.5. The molecular weight excluding hydrogens is 372 g/mol. The quantitative estimate of drug-likeness (QED) is 0.670. The first kappa shape index (κ1) is 18.7. The maximum atomic E-state index is 12.9. The molecule has 144 valence electrons. The van der Waals surface area contributed by atoms with Crippen LogP contribution in [-0.2, 0) is 0 Å². The van der Waals surface area contributed by atoms with E-state index in [0.29, 0.717) is 0 Å². The van der Waals surface area contributed by atoms with E-state index in [2.05, 4.69) is 22.9 Å². The molecule has 2 aromatic carbocycles. The predicted octanol–water partition coefficient (Wildman–Crippen LogP) is 4.04. The standard InChI is InChI=1S/C22H23ClN4O/c1-17(20-4-2-3-5-21(20)23)25-12-14-26(15-13-25)22(28)18-6-8-19(9-7-18)27-11-10-24-16-27/h2-11,16-17H,12-15H2,1H3. The molecular formula is C22H23ClN4O. The first-order valence-corrected chi connectivity index (χ1v) is 9.87. The molecule has 0 N–H and O–H groups in total. The van der Waals surface area contributed by atoms with Crippen LogP contribution >= 0.6 is 11.6 Å². The van der Waals surface area contributed by atoms with Gasteiger partial charge in [0.05, 0.1) is 6.33 Å². The molecule has 3 aromatic rings. The van der Waals surface area contributed by atoms with Crippen molar-refractivity contribution in [2.75, 3.05) is 26.2 Å². The molecule has 2 heterocycles. The summed E-state index contributed by atoms with van der Waals surface area (Å²) in [6.07, 6.45) is 5.37. The average molecular weight is 395 g/mol. The number of hydrogen-bond donors (Lipinski definition) is 0. The topological polar surface area (TPSA) is 41.4 Å². The molecule has 1 unspecified atom stereocenters. The van der Waals surface area contributed by atoms with Gasteiger partial charge in [-0.15, -0.1) is 0 Å². The second kappa shape index (κ2) is 8.17. The van der Waals surface area contributed by atoms with E-state index in [9.17, 15) is 4.79 Å². The lowest BCUT2D eigenvalue weighted by Gasteiger charge is -2.38. The Bertz CT molecular complexity index is 931. The van der Waals surface area contributed by atoms with Gasteiger partial charge in [0.2, 0.25) is 0 Å². The summed E-state index contributed by atoms with van der Waals surface area (Å²) in [4.78, 5) is 21.2. The number of halogens is 1. The van der Waals surface area contributed by atoms with Gasteiger partial charge in [-0.3, -0.25) is 9.69 Å². The van der Waals surface area contributed by atoms with E-state index in [1.807, 2.05) is 58.1 Å². The van der Waals surface area contributed by atoms with Crippen molar-refractivity contribution in [3.8, 4) is 5.69 Å². The summed E-state index contributed by atoms with van der Waals surface area (Å²) in [6, 6.07) is 15.9. The van der Waals surface area contributed by atoms with Crippen LogP contribution < -0.4 is 0 Å². The highest BCUT2D eigenvalue weighted by Gasteiger charge is 2.26. The van der Waals surface area contributed by atoms with Gasteiger partial charge in [0.1, 0.15) is 0 Å². The van der Waals surface area contributed by atoms with Gasteiger partial charge < -0.3 is 9.47 Å². The van der Waals surface area contributed by atoms with E-state index in [-0.39, 0.29) is 11.9 Å². The second-order valence-corrected chi connectivity index (χ2v) is 7.45. The largest absolute Gasteiger partial charge is 0.336 e.